The molecule has 10 heteroatoms. The molecule has 0 saturated carbocycles. The van der Waals surface area contributed by atoms with Crippen molar-refractivity contribution in [1.82, 2.24) is 8.61 Å². The van der Waals surface area contributed by atoms with E-state index in [2.05, 4.69) is 5.32 Å². The Morgan fingerprint density at radius 3 is 2.21 bits per heavy atom. The third-order valence-corrected chi connectivity index (χ3v) is 10.0. The summed E-state index contributed by atoms with van der Waals surface area (Å²) in [6.45, 7) is 2.75. The number of fused-ring (bicyclic) bond motifs is 1. The third kappa shape index (κ3) is 4.98. The van der Waals surface area contributed by atoms with Gasteiger partial charge >= 0.3 is 0 Å². The summed E-state index contributed by atoms with van der Waals surface area (Å²) in [6.07, 6.45) is 3.03. The Hall–Kier alpha value is -2.27. The Morgan fingerprint density at radius 2 is 1.58 bits per heavy atom. The van der Waals surface area contributed by atoms with E-state index in [0.717, 1.165) is 30.4 Å². The summed E-state index contributed by atoms with van der Waals surface area (Å²) < 4.78 is 53.9. The molecule has 1 fully saturated rings. The predicted molar refractivity (Wildman–Crippen MR) is 127 cm³/mol. The number of rotatable bonds is 6. The highest BCUT2D eigenvalue weighted by Gasteiger charge is 2.38. The fourth-order valence-corrected chi connectivity index (χ4v) is 7.11. The van der Waals surface area contributed by atoms with Crippen molar-refractivity contribution in [1.29, 1.82) is 0 Å². The summed E-state index contributed by atoms with van der Waals surface area (Å²) in [7, 11) is -7.16. The standard InChI is InChI=1S/C23H29N3O5S2/c1-2-32(28,29)26-17-19-9-5-4-8-18(19)16-22(26)23(27)24-20-10-12-21(13-11-20)33(30,31)25-14-6-3-7-15-25/h4-5,8-13,22H,2-3,6-7,14-17H2,1H3,(H,24,27). The summed E-state index contributed by atoms with van der Waals surface area (Å²) >= 11 is 0. The van der Waals surface area contributed by atoms with Crippen LogP contribution in [0.1, 0.15) is 37.3 Å². The van der Waals surface area contributed by atoms with E-state index in [9.17, 15) is 21.6 Å². The van der Waals surface area contributed by atoms with E-state index >= 15 is 0 Å². The first-order valence-corrected chi connectivity index (χ1v) is 14.2. The van der Waals surface area contributed by atoms with Crippen molar-refractivity contribution in [2.75, 3.05) is 24.2 Å². The number of carbonyl (C=O) groups is 1. The number of nitrogens with zero attached hydrogens (tertiary/aromatic N) is 2. The van der Waals surface area contributed by atoms with E-state index in [1.165, 1.54) is 20.7 Å². The first-order valence-electron chi connectivity index (χ1n) is 11.2. The van der Waals surface area contributed by atoms with E-state index in [-0.39, 0.29) is 23.6 Å². The Bertz CT molecular complexity index is 1220. The summed E-state index contributed by atoms with van der Waals surface area (Å²) in [5.41, 5.74) is 2.26. The van der Waals surface area contributed by atoms with E-state index in [0.29, 0.717) is 18.8 Å². The van der Waals surface area contributed by atoms with Crippen LogP contribution in [-0.2, 0) is 37.8 Å². The lowest BCUT2D eigenvalue weighted by Crippen LogP contribution is -2.51. The molecule has 1 N–H and O–H groups in total. The van der Waals surface area contributed by atoms with E-state index in [4.69, 9.17) is 0 Å². The lowest BCUT2D eigenvalue weighted by Gasteiger charge is -2.34. The zero-order valence-electron chi connectivity index (χ0n) is 18.6. The van der Waals surface area contributed by atoms with Gasteiger partial charge in [0.2, 0.25) is 26.0 Å². The van der Waals surface area contributed by atoms with Gasteiger partial charge in [-0.15, -0.1) is 0 Å². The number of amides is 1. The van der Waals surface area contributed by atoms with E-state index in [1.807, 2.05) is 24.3 Å². The Morgan fingerprint density at radius 1 is 0.939 bits per heavy atom. The molecule has 4 rings (SSSR count). The van der Waals surface area contributed by atoms with Crippen molar-refractivity contribution in [2.24, 2.45) is 0 Å². The number of nitrogens with one attached hydrogen (secondary N) is 1. The first kappa shape index (κ1) is 23.9. The largest absolute Gasteiger partial charge is 0.325 e. The minimum atomic E-state index is -3.60. The molecule has 1 unspecified atom stereocenters. The van der Waals surface area contributed by atoms with Crippen LogP contribution in [0.3, 0.4) is 0 Å². The highest BCUT2D eigenvalue weighted by atomic mass is 32.2. The van der Waals surface area contributed by atoms with Gasteiger partial charge in [0.1, 0.15) is 6.04 Å². The average Bonchev–Trinajstić information content (AvgIpc) is 2.84. The normalized spacial score (nSPS) is 20.2. The van der Waals surface area contributed by atoms with Crippen molar-refractivity contribution in [2.45, 2.75) is 50.1 Å². The van der Waals surface area contributed by atoms with Crippen LogP contribution >= 0.6 is 0 Å². The number of hydrogen-bond donors (Lipinski definition) is 1. The number of hydrogen-bond acceptors (Lipinski definition) is 5. The molecule has 2 aliphatic rings. The SMILES string of the molecule is CCS(=O)(=O)N1Cc2ccccc2CC1C(=O)Nc1ccc(S(=O)(=O)N2CCCCC2)cc1. The number of benzene rings is 2. The molecule has 1 saturated heterocycles. The second-order valence-electron chi connectivity index (χ2n) is 8.41. The predicted octanol–water partition coefficient (Wildman–Crippen LogP) is 2.58. The molecule has 2 aliphatic heterocycles. The van der Waals surface area contributed by atoms with Crippen LogP contribution in [0.5, 0.6) is 0 Å². The number of carbonyl (C=O) groups excluding carboxylic acids is 1. The zero-order chi connectivity index (χ0) is 23.6. The molecule has 1 amide bonds. The zero-order valence-corrected chi connectivity index (χ0v) is 20.2. The van der Waals surface area contributed by atoms with Crippen LogP contribution < -0.4 is 5.32 Å². The maximum absolute atomic E-state index is 13.1. The molecule has 2 aromatic carbocycles. The van der Waals surface area contributed by atoms with Gasteiger partial charge in [0, 0.05) is 25.3 Å². The fraction of sp³-hybridized carbons (Fsp3) is 0.435. The van der Waals surface area contributed by atoms with Crippen LogP contribution in [0.25, 0.3) is 0 Å². The molecule has 2 heterocycles. The van der Waals surface area contributed by atoms with Crippen molar-refractivity contribution in [3.05, 3.63) is 59.7 Å². The molecule has 0 spiro atoms. The van der Waals surface area contributed by atoms with Crippen LogP contribution in [0.2, 0.25) is 0 Å². The molecule has 0 aromatic heterocycles. The Kier molecular flexibility index (Phi) is 6.90. The number of sulfonamides is 2. The number of piperidine rings is 1. The van der Waals surface area contributed by atoms with Gasteiger partial charge < -0.3 is 5.32 Å². The monoisotopic (exact) mass is 491 g/mol. The second-order valence-corrected chi connectivity index (χ2v) is 12.6. The topological polar surface area (TPSA) is 104 Å². The Balaban J connectivity index is 1.53. The number of anilines is 1. The van der Waals surface area contributed by atoms with Gasteiger partial charge in [-0.05, 0) is 61.6 Å². The van der Waals surface area contributed by atoms with Crippen molar-refractivity contribution < 1.29 is 21.6 Å². The minimum absolute atomic E-state index is 0.0952. The average molecular weight is 492 g/mol. The van der Waals surface area contributed by atoms with Gasteiger partial charge in [0.15, 0.2) is 0 Å². The van der Waals surface area contributed by atoms with Crippen molar-refractivity contribution in [3.8, 4) is 0 Å². The molecule has 1 atom stereocenters. The highest BCUT2D eigenvalue weighted by Crippen LogP contribution is 2.27. The summed E-state index contributed by atoms with van der Waals surface area (Å²) in [5, 5.41) is 2.77. The quantitative estimate of drug-likeness (QED) is 0.669. The molecule has 178 valence electrons. The van der Waals surface area contributed by atoms with Crippen LogP contribution in [0.15, 0.2) is 53.4 Å². The fourth-order valence-electron chi connectivity index (χ4n) is 4.37. The van der Waals surface area contributed by atoms with E-state index in [1.54, 1.807) is 19.1 Å². The van der Waals surface area contributed by atoms with Gasteiger partial charge in [0.05, 0.1) is 10.6 Å². The molecule has 8 nitrogen and oxygen atoms in total. The smallest absolute Gasteiger partial charge is 0.243 e. The van der Waals surface area contributed by atoms with Crippen LogP contribution in [0, 0.1) is 0 Å². The molecule has 2 aromatic rings. The second kappa shape index (κ2) is 9.54. The van der Waals surface area contributed by atoms with Crippen LogP contribution in [-0.4, -0.2) is 56.2 Å². The van der Waals surface area contributed by atoms with Gasteiger partial charge in [-0.2, -0.15) is 8.61 Å². The third-order valence-electron chi connectivity index (χ3n) is 6.30. The van der Waals surface area contributed by atoms with Crippen LogP contribution in [0.4, 0.5) is 5.69 Å². The molecular weight excluding hydrogens is 462 g/mol. The van der Waals surface area contributed by atoms with Gasteiger partial charge in [-0.3, -0.25) is 4.79 Å². The first-order chi connectivity index (χ1) is 15.7. The van der Waals surface area contributed by atoms with Gasteiger partial charge in [0.25, 0.3) is 0 Å². The molecule has 0 radical (unpaired) electrons. The maximum atomic E-state index is 13.1. The molecule has 33 heavy (non-hydrogen) atoms. The summed E-state index contributed by atoms with van der Waals surface area (Å²) in [6, 6.07) is 12.7. The van der Waals surface area contributed by atoms with E-state index < -0.39 is 32.0 Å². The van der Waals surface area contributed by atoms with Gasteiger partial charge in [-0.25, -0.2) is 16.8 Å². The van der Waals surface area contributed by atoms with Crippen molar-refractivity contribution >= 4 is 31.6 Å². The summed E-state index contributed by atoms with van der Waals surface area (Å²) in [5.74, 6) is -0.532. The summed E-state index contributed by atoms with van der Waals surface area (Å²) in [4.78, 5) is 13.3. The molecular formula is C23H29N3O5S2. The lowest BCUT2D eigenvalue weighted by molar-refractivity contribution is -0.120. The lowest BCUT2D eigenvalue weighted by atomic mass is 9.95. The maximum Gasteiger partial charge on any atom is 0.243 e. The molecule has 0 aliphatic carbocycles. The van der Waals surface area contributed by atoms with Gasteiger partial charge in [-0.1, -0.05) is 30.7 Å². The highest BCUT2D eigenvalue weighted by molar-refractivity contribution is 7.89. The Labute approximate surface area is 195 Å². The molecule has 0 bridgehead atoms. The minimum Gasteiger partial charge on any atom is -0.325 e. The van der Waals surface area contributed by atoms with Crippen molar-refractivity contribution in [3.63, 3.8) is 0 Å².